The molecule has 2 aliphatic rings. The summed E-state index contributed by atoms with van der Waals surface area (Å²) in [5.41, 5.74) is 2.82. The topological polar surface area (TPSA) is 34.6 Å². The normalized spacial score (nSPS) is 25.2. The van der Waals surface area contributed by atoms with E-state index in [-0.39, 0.29) is 18.0 Å². The number of hydrogen-bond donors (Lipinski definition) is 0. The lowest BCUT2D eigenvalue weighted by Crippen LogP contribution is -2.47. The van der Waals surface area contributed by atoms with Crippen molar-refractivity contribution in [2.75, 3.05) is 31.2 Å². The molecule has 0 amide bonds. The Labute approximate surface area is 135 Å². The summed E-state index contributed by atoms with van der Waals surface area (Å²) in [4.78, 5) is 6.80. The molecule has 2 fully saturated rings. The lowest BCUT2D eigenvalue weighted by Gasteiger charge is -2.37. The molecule has 2 saturated heterocycles. The second-order valence-corrected chi connectivity index (χ2v) is 6.35. The predicted molar refractivity (Wildman–Crippen MR) is 87.4 cm³/mol. The van der Waals surface area contributed by atoms with Crippen LogP contribution in [0, 0.1) is 12.7 Å². The number of aromatic nitrogens is 1. The molecule has 0 saturated carbocycles. The van der Waals surface area contributed by atoms with Gasteiger partial charge in [0.2, 0.25) is 0 Å². The van der Waals surface area contributed by atoms with Crippen LogP contribution in [0.5, 0.6) is 0 Å². The molecule has 2 unspecified atom stereocenters. The van der Waals surface area contributed by atoms with E-state index >= 15 is 0 Å². The third-order valence-corrected chi connectivity index (χ3v) is 4.69. The molecule has 2 aromatic rings. The minimum absolute atomic E-state index is 0.0864. The van der Waals surface area contributed by atoms with Crippen molar-refractivity contribution in [1.82, 2.24) is 4.98 Å². The Hall–Kier alpha value is -1.72. The number of rotatable bonds is 2. The Morgan fingerprint density at radius 3 is 2.87 bits per heavy atom. The first-order valence-electron chi connectivity index (χ1n) is 8.26. The van der Waals surface area contributed by atoms with Gasteiger partial charge in [-0.15, -0.1) is 0 Å². The number of hydrogen-bond acceptors (Lipinski definition) is 4. The van der Waals surface area contributed by atoms with Crippen LogP contribution >= 0.6 is 0 Å². The fourth-order valence-corrected chi connectivity index (χ4v) is 3.59. The van der Waals surface area contributed by atoms with Gasteiger partial charge in [0.15, 0.2) is 0 Å². The fraction of sp³-hybridized carbons (Fsp3) is 0.500. The van der Waals surface area contributed by atoms with Crippen LogP contribution < -0.4 is 4.90 Å². The van der Waals surface area contributed by atoms with E-state index in [0.29, 0.717) is 6.61 Å². The zero-order valence-electron chi connectivity index (χ0n) is 13.3. The molecule has 5 heteroatoms. The molecule has 0 N–H and O–H groups in total. The van der Waals surface area contributed by atoms with E-state index in [1.54, 1.807) is 12.1 Å². The number of fused-ring (bicyclic) bond motifs is 1. The Morgan fingerprint density at radius 2 is 2.04 bits per heavy atom. The number of anilines is 1. The highest BCUT2D eigenvalue weighted by molar-refractivity contribution is 5.92. The van der Waals surface area contributed by atoms with Crippen molar-refractivity contribution < 1.29 is 13.9 Å². The van der Waals surface area contributed by atoms with Gasteiger partial charge in [0.25, 0.3) is 0 Å². The zero-order valence-corrected chi connectivity index (χ0v) is 13.3. The van der Waals surface area contributed by atoms with Crippen LogP contribution in [0.25, 0.3) is 10.9 Å². The molecule has 0 aliphatic carbocycles. The summed E-state index contributed by atoms with van der Waals surface area (Å²) in [6.07, 6.45) is 2.43. The van der Waals surface area contributed by atoms with Crippen molar-refractivity contribution >= 4 is 16.6 Å². The number of morpholine rings is 1. The van der Waals surface area contributed by atoms with E-state index in [1.165, 1.54) is 6.07 Å². The molecule has 122 valence electrons. The monoisotopic (exact) mass is 316 g/mol. The summed E-state index contributed by atoms with van der Waals surface area (Å²) in [5.74, 6) is -0.228. The molecule has 2 atom stereocenters. The summed E-state index contributed by atoms with van der Waals surface area (Å²) in [6.45, 7) is 5.05. The summed E-state index contributed by atoms with van der Waals surface area (Å²) in [7, 11) is 0. The molecule has 0 bridgehead atoms. The number of pyridine rings is 1. The molecule has 3 heterocycles. The van der Waals surface area contributed by atoms with Crippen LogP contribution in [0.3, 0.4) is 0 Å². The maximum Gasteiger partial charge on any atom is 0.124 e. The molecule has 4 rings (SSSR count). The second kappa shape index (κ2) is 6.06. The predicted octanol–water partition coefficient (Wildman–Crippen LogP) is 3.07. The first-order valence-corrected chi connectivity index (χ1v) is 8.26. The number of nitrogens with zero attached hydrogens (tertiary/aromatic N) is 2. The average molecular weight is 316 g/mol. The van der Waals surface area contributed by atoms with Gasteiger partial charge in [-0.25, -0.2) is 4.39 Å². The van der Waals surface area contributed by atoms with Gasteiger partial charge in [0, 0.05) is 36.5 Å². The smallest absolute Gasteiger partial charge is 0.124 e. The lowest BCUT2D eigenvalue weighted by atomic mass is 10.1. The molecule has 0 radical (unpaired) electrons. The Morgan fingerprint density at radius 1 is 1.17 bits per heavy atom. The van der Waals surface area contributed by atoms with Crippen LogP contribution in [-0.4, -0.2) is 43.5 Å². The molecular weight excluding hydrogens is 295 g/mol. The van der Waals surface area contributed by atoms with E-state index in [4.69, 9.17) is 9.47 Å². The summed E-state index contributed by atoms with van der Waals surface area (Å²) in [6, 6.07) is 6.83. The maximum absolute atomic E-state index is 13.7. The number of halogens is 1. The van der Waals surface area contributed by atoms with Gasteiger partial charge in [0.05, 0.1) is 18.2 Å². The van der Waals surface area contributed by atoms with Gasteiger partial charge in [-0.1, -0.05) is 0 Å². The van der Waals surface area contributed by atoms with Gasteiger partial charge in [0.1, 0.15) is 11.9 Å². The third kappa shape index (κ3) is 2.91. The van der Waals surface area contributed by atoms with E-state index in [2.05, 4.69) is 9.88 Å². The molecule has 0 spiro atoms. The minimum atomic E-state index is -0.228. The molecule has 1 aromatic heterocycles. The largest absolute Gasteiger partial charge is 0.375 e. The Balaban J connectivity index is 1.68. The fourth-order valence-electron chi connectivity index (χ4n) is 3.59. The van der Waals surface area contributed by atoms with Crippen LogP contribution in [0.4, 0.5) is 10.1 Å². The van der Waals surface area contributed by atoms with Crippen molar-refractivity contribution in [3.63, 3.8) is 0 Å². The highest BCUT2D eigenvalue weighted by Gasteiger charge is 2.31. The van der Waals surface area contributed by atoms with Crippen molar-refractivity contribution in [2.24, 2.45) is 0 Å². The standard InChI is InChI=1S/C18H21FN2O2/c1-12-9-16(14-10-13(19)4-5-15(14)20-12)21-6-8-23-18(11-21)17-3-2-7-22-17/h4-5,9-10,17-18H,2-3,6-8,11H2,1H3. The highest BCUT2D eigenvalue weighted by atomic mass is 19.1. The first-order chi connectivity index (χ1) is 11.2. The van der Waals surface area contributed by atoms with Gasteiger partial charge in [-0.2, -0.15) is 0 Å². The van der Waals surface area contributed by atoms with Crippen LogP contribution in [0.15, 0.2) is 24.3 Å². The average Bonchev–Trinajstić information content (AvgIpc) is 3.09. The molecule has 4 nitrogen and oxygen atoms in total. The number of ether oxygens (including phenoxy) is 2. The molecular formula is C18H21FN2O2. The van der Waals surface area contributed by atoms with Crippen molar-refractivity contribution in [1.29, 1.82) is 0 Å². The quantitative estimate of drug-likeness (QED) is 0.853. The summed E-state index contributed by atoms with van der Waals surface area (Å²) < 4.78 is 25.4. The van der Waals surface area contributed by atoms with Crippen molar-refractivity contribution in [3.05, 3.63) is 35.8 Å². The van der Waals surface area contributed by atoms with Crippen LogP contribution in [-0.2, 0) is 9.47 Å². The summed E-state index contributed by atoms with van der Waals surface area (Å²) in [5, 5.41) is 0.864. The molecule has 2 aliphatic heterocycles. The van der Waals surface area contributed by atoms with E-state index in [0.717, 1.165) is 54.8 Å². The zero-order chi connectivity index (χ0) is 15.8. The van der Waals surface area contributed by atoms with E-state index in [1.807, 2.05) is 13.0 Å². The van der Waals surface area contributed by atoms with Crippen LogP contribution in [0.2, 0.25) is 0 Å². The SMILES string of the molecule is Cc1cc(N2CCOC(C3CCCO3)C2)c2cc(F)ccc2n1. The first kappa shape index (κ1) is 14.8. The van der Waals surface area contributed by atoms with E-state index in [9.17, 15) is 4.39 Å². The summed E-state index contributed by atoms with van der Waals surface area (Å²) >= 11 is 0. The number of benzene rings is 1. The highest BCUT2D eigenvalue weighted by Crippen LogP contribution is 2.30. The third-order valence-electron chi connectivity index (χ3n) is 4.69. The number of aryl methyl sites for hydroxylation is 1. The second-order valence-electron chi connectivity index (χ2n) is 6.35. The Kier molecular flexibility index (Phi) is 3.91. The van der Waals surface area contributed by atoms with Gasteiger partial charge < -0.3 is 14.4 Å². The van der Waals surface area contributed by atoms with Crippen molar-refractivity contribution in [3.8, 4) is 0 Å². The van der Waals surface area contributed by atoms with E-state index < -0.39 is 0 Å². The van der Waals surface area contributed by atoms with Gasteiger partial charge in [-0.3, -0.25) is 4.98 Å². The van der Waals surface area contributed by atoms with Crippen molar-refractivity contribution in [2.45, 2.75) is 32.0 Å². The van der Waals surface area contributed by atoms with Gasteiger partial charge >= 0.3 is 0 Å². The van der Waals surface area contributed by atoms with Gasteiger partial charge in [-0.05, 0) is 44.0 Å². The molecule has 23 heavy (non-hydrogen) atoms. The Bertz CT molecular complexity index is 715. The minimum Gasteiger partial charge on any atom is -0.375 e. The maximum atomic E-state index is 13.7. The molecule has 1 aromatic carbocycles. The lowest BCUT2D eigenvalue weighted by molar-refractivity contribution is -0.0542. The van der Waals surface area contributed by atoms with Crippen LogP contribution in [0.1, 0.15) is 18.5 Å².